The van der Waals surface area contributed by atoms with Gasteiger partial charge >= 0.3 is 0 Å². The number of hydrogen-bond donors (Lipinski definition) is 1. The molecule has 0 saturated heterocycles. The molecule has 0 atom stereocenters. The van der Waals surface area contributed by atoms with E-state index in [1.165, 1.54) is 15.9 Å². The van der Waals surface area contributed by atoms with E-state index in [1.807, 2.05) is 24.4 Å². The lowest BCUT2D eigenvalue weighted by atomic mass is 10.2. The summed E-state index contributed by atoms with van der Waals surface area (Å²) in [6, 6.07) is 7.30. The molecule has 0 aliphatic rings. The van der Waals surface area contributed by atoms with Crippen LogP contribution in [0.1, 0.15) is 5.56 Å². The van der Waals surface area contributed by atoms with Crippen molar-refractivity contribution in [1.82, 2.24) is 9.55 Å². The molecule has 1 aromatic carbocycles. The molecule has 0 bridgehead atoms. The Hall–Kier alpha value is -1.43. The first-order valence-electron chi connectivity index (χ1n) is 5.57. The first-order chi connectivity index (χ1) is 9.08. The zero-order valence-electron chi connectivity index (χ0n) is 9.94. The molecule has 3 aromatic rings. The summed E-state index contributed by atoms with van der Waals surface area (Å²) in [4.78, 5) is 16.3. The average molecular weight is 309 g/mol. The number of H-pyrrole nitrogens is 1. The summed E-state index contributed by atoms with van der Waals surface area (Å²) < 4.78 is 1.80. The van der Waals surface area contributed by atoms with Gasteiger partial charge in [-0.3, -0.25) is 9.36 Å². The van der Waals surface area contributed by atoms with E-state index in [9.17, 15) is 4.79 Å². The number of aromatic nitrogens is 2. The van der Waals surface area contributed by atoms with E-state index >= 15 is 0 Å². The molecule has 3 nitrogen and oxygen atoms in total. The van der Waals surface area contributed by atoms with Crippen LogP contribution in [0, 0.1) is 11.7 Å². The predicted molar refractivity (Wildman–Crippen MR) is 82.4 cm³/mol. The molecule has 0 unspecified atom stereocenters. The third-order valence-corrected chi connectivity index (χ3v) is 4.30. The van der Waals surface area contributed by atoms with Gasteiger partial charge in [0, 0.05) is 0 Å². The third kappa shape index (κ3) is 2.04. The van der Waals surface area contributed by atoms with E-state index in [-0.39, 0.29) is 5.56 Å². The molecule has 0 amide bonds. The van der Waals surface area contributed by atoms with Crippen molar-refractivity contribution < 1.29 is 0 Å². The average Bonchev–Trinajstić information content (AvgIpc) is 2.82. The van der Waals surface area contributed by atoms with Gasteiger partial charge in [0.25, 0.3) is 5.56 Å². The van der Waals surface area contributed by atoms with Crippen molar-refractivity contribution in [2.75, 3.05) is 0 Å². The van der Waals surface area contributed by atoms with Gasteiger partial charge in [0.1, 0.15) is 4.83 Å². The largest absolute Gasteiger partial charge is 0.323 e. The molecule has 0 saturated carbocycles. The van der Waals surface area contributed by atoms with Gasteiger partial charge in [-0.15, -0.1) is 11.3 Å². The summed E-state index contributed by atoms with van der Waals surface area (Å²) in [7, 11) is 0. The second-order valence-corrected chi connectivity index (χ2v) is 5.90. The number of fused-ring (bicyclic) bond motifs is 1. The van der Waals surface area contributed by atoms with Crippen LogP contribution >= 0.6 is 35.2 Å². The molecule has 2 heterocycles. The highest BCUT2D eigenvalue weighted by Gasteiger charge is 2.11. The standard InChI is InChI=1S/C13H9ClN2OS2/c1-7-2-3-9(14)10(6-7)16-12(17)8-4-5-19-11(8)15-13(16)18/h2-6H,1H3,(H,15,18). The SMILES string of the molecule is Cc1ccc(Cl)c(-n2c(=S)[nH]c3sccc3c2=O)c1. The second-order valence-electron chi connectivity index (χ2n) is 4.19. The quantitative estimate of drug-likeness (QED) is 0.688. The van der Waals surface area contributed by atoms with Crippen molar-refractivity contribution in [2.24, 2.45) is 0 Å². The molecular formula is C13H9ClN2OS2. The number of aromatic amines is 1. The Morgan fingerprint density at radius 2 is 2.16 bits per heavy atom. The van der Waals surface area contributed by atoms with Crippen molar-refractivity contribution in [3.63, 3.8) is 0 Å². The highest BCUT2D eigenvalue weighted by Crippen LogP contribution is 2.22. The summed E-state index contributed by atoms with van der Waals surface area (Å²) in [6.45, 7) is 1.95. The molecule has 19 heavy (non-hydrogen) atoms. The maximum atomic E-state index is 12.5. The molecule has 0 fully saturated rings. The van der Waals surface area contributed by atoms with Gasteiger partial charge in [-0.25, -0.2) is 0 Å². The van der Waals surface area contributed by atoms with Crippen molar-refractivity contribution in [2.45, 2.75) is 6.92 Å². The number of rotatable bonds is 1. The molecule has 0 aliphatic carbocycles. The first-order valence-corrected chi connectivity index (χ1v) is 7.23. The number of thiophene rings is 1. The van der Waals surface area contributed by atoms with E-state index in [4.69, 9.17) is 23.8 Å². The lowest BCUT2D eigenvalue weighted by Crippen LogP contribution is -2.20. The van der Waals surface area contributed by atoms with Gasteiger partial charge in [-0.2, -0.15) is 0 Å². The summed E-state index contributed by atoms with van der Waals surface area (Å²) in [5, 5.41) is 2.98. The Balaban J connectivity index is 2.46. The predicted octanol–water partition coefficient (Wildman–Crippen LogP) is 4.07. The maximum absolute atomic E-state index is 12.5. The molecule has 0 radical (unpaired) electrons. The summed E-state index contributed by atoms with van der Waals surface area (Å²) in [5.74, 6) is 0. The monoisotopic (exact) mass is 308 g/mol. The van der Waals surface area contributed by atoms with E-state index in [0.29, 0.717) is 20.9 Å². The van der Waals surface area contributed by atoms with Crippen LogP contribution in [0.25, 0.3) is 15.9 Å². The van der Waals surface area contributed by atoms with Crippen LogP contribution < -0.4 is 5.56 Å². The number of nitrogens with zero attached hydrogens (tertiary/aromatic N) is 1. The molecule has 2 aromatic heterocycles. The van der Waals surface area contributed by atoms with Crippen molar-refractivity contribution in [1.29, 1.82) is 0 Å². The molecule has 3 rings (SSSR count). The Morgan fingerprint density at radius 1 is 1.37 bits per heavy atom. The maximum Gasteiger partial charge on any atom is 0.267 e. The summed E-state index contributed by atoms with van der Waals surface area (Å²) in [5.41, 5.74) is 1.49. The van der Waals surface area contributed by atoms with Gasteiger partial charge < -0.3 is 4.98 Å². The van der Waals surface area contributed by atoms with Crippen LogP contribution in [0.3, 0.4) is 0 Å². The third-order valence-electron chi connectivity index (χ3n) is 2.86. The zero-order chi connectivity index (χ0) is 13.6. The van der Waals surface area contributed by atoms with E-state index in [1.54, 1.807) is 12.1 Å². The van der Waals surface area contributed by atoms with Crippen LogP contribution in [0.5, 0.6) is 0 Å². The number of nitrogens with one attached hydrogen (secondary N) is 1. The topological polar surface area (TPSA) is 37.8 Å². The van der Waals surface area contributed by atoms with Crippen LogP contribution in [0.4, 0.5) is 0 Å². The van der Waals surface area contributed by atoms with Crippen molar-refractivity contribution >= 4 is 45.4 Å². The molecule has 96 valence electrons. The second kappa shape index (κ2) is 4.59. The van der Waals surface area contributed by atoms with Gasteiger partial charge in [0.15, 0.2) is 4.77 Å². The number of hydrogen-bond acceptors (Lipinski definition) is 3. The zero-order valence-corrected chi connectivity index (χ0v) is 12.3. The Morgan fingerprint density at radius 3 is 2.95 bits per heavy atom. The smallest absolute Gasteiger partial charge is 0.267 e. The van der Waals surface area contributed by atoms with Crippen LogP contribution in [-0.2, 0) is 0 Å². The number of benzene rings is 1. The lowest BCUT2D eigenvalue weighted by Gasteiger charge is -2.09. The molecule has 1 N–H and O–H groups in total. The molecular weight excluding hydrogens is 300 g/mol. The van der Waals surface area contributed by atoms with E-state index in [0.717, 1.165) is 10.4 Å². The van der Waals surface area contributed by atoms with E-state index < -0.39 is 0 Å². The van der Waals surface area contributed by atoms with Crippen LogP contribution in [0.15, 0.2) is 34.4 Å². The van der Waals surface area contributed by atoms with E-state index in [2.05, 4.69) is 4.98 Å². The fourth-order valence-corrected chi connectivity index (χ4v) is 3.28. The Labute approximate surface area is 123 Å². The van der Waals surface area contributed by atoms with Gasteiger partial charge in [-0.1, -0.05) is 17.7 Å². The summed E-state index contributed by atoms with van der Waals surface area (Å²) in [6.07, 6.45) is 0. The number of halogens is 1. The Kier molecular flexibility index (Phi) is 3.05. The fourth-order valence-electron chi connectivity index (χ4n) is 1.95. The van der Waals surface area contributed by atoms with Gasteiger partial charge in [-0.05, 0) is 48.3 Å². The van der Waals surface area contributed by atoms with Gasteiger partial charge in [0.2, 0.25) is 0 Å². The normalized spacial score (nSPS) is 11.1. The minimum Gasteiger partial charge on any atom is -0.323 e. The van der Waals surface area contributed by atoms with Crippen molar-refractivity contribution in [3.05, 3.63) is 55.4 Å². The first kappa shape index (κ1) is 12.6. The highest BCUT2D eigenvalue weighted by molar-refractivity contribution is 7.71. The fraction of sp³-hybridized carbons (Fsp3) is 0.0769. The summed E-state index contributed by atoms with van der Waals surface area (Å²) >= 11 is 12.9. The van der Waals surface area contributed by atoms with Crippen LogP contribution in [-0.4, -0.2) is 9.55 Å². The van der Waals surface area contributed by atoms with Crippen molar-refractivity contribution in [3.8, 4) is 5.69 Å². The highest BCUT2D eigenvalue weighted by atomic mass is 35.5. The minimum atomic E-state index is -0.146. The number of aryl methyl sites for hydroxylation is 1. The minimum absolute atomic E-state index is 0.146. The Bertz CT molecular complexity index is 892. The molecule has 0 aliphatic heterocycles. The molecule has 0 spiro atoms. The molecule has 6 heteroatoms. The van der Waals surface area contributed by atoms with Gasteiger partial charge in [0.05, 0.1) is 16.1 Å². The lowest BCUT2D eigenvalue weighted by molar-refractivity contribution is 0.942. The van der Waals surface area contributed by atoms with Crippen LogP contribution in [0.2, 0.25) is 5.02 Å².